The zero-order valence-electron chi connectivity index (χ0n) is 10.3. The lowest BCUT2D eigenvalue weighted by Gasteiger charge is -2.21. The predicted octanol–water partition coefficient (Wildman–Crippen LogP) is 1.06. The molecule has 0 N–H and O–H groups in total. The van der Waals surface area contributed by atoms with Crippen molar-refractivity contribution in [2.45, 2.75) is 31.6 Å². The van der Waals surface area contributed by atoms with Crippen molar-refractivity contribution < 1.29 is 13.2 Å². The molecule has 1 aliphatic heterocycles. The van der Waals surface area contributed by atoms with E-state index in [4.69, 9.17) is 24.2 Å². The van der Waals surface area contributed by atoms with Gasteiger partial charge in [-0.3, -0.25) is 0 Å². The van der Waals surface area contributed by atoms with Crippen molar-refractivity contribution in [1.82, 2.24) is 4.31 Å². The molecule has 1 aliphatic rings. The van der Waals surface area contributed by atoms with E-state index in [0.717, 1.165) is 0 Å². The van der Waals surface area contributed by atoms with Gasteiger partial charge in [-0.2, -0.15) is 0 Å². The monoisotopic (exact) mass is 277 g/mol. The van der Waals surface area contributed by atoms with Gasteiger partial charge in [0.05, 0.1) is 18.0 Å². The molecule has 0 aromatic rings. The van der Waals surface area contributed by atoms with Crippen molar-refractivity contribution in [3.8, 4) is 0 Å². The van der Waals surface area contributed by atoms with E-state index in [-0.39, 0.29) is 12.5 Å². The third-order valence-corrected chi connectivity index (χ3v) is 5.20. The Morgan fingerprint density at radius 2 is 2.18 bits per heavy atom. The van der Waals surface area contributed by atoms with Crippen molar-refractivity contribution in [1.29, 1.82) is 0 Å². The number of sulfonamides is 1. The molecule has 0 aromatic heterocycles. The Bertz CT molecular complexity index is 402. The molecular weight excluding hydrogens is 260 g/mol. The number of likely N-dealkylation sites (N-methyl/N-ethyl adjacent to an activating group) is 1. The standard InChI is InChI=1S/C10H17BClNO3S/c1-7(4-10(11)8(2)12)17(14,15)13(3)5-9-6-16-9/h7,9H,4-6H2,1-3H3/b10-8-/t7?,9-/m0/s1. The Morgan fingerprint density at radius 3 is 2.59 bits per heavy atom. The number of hydrogen-bond donors (Lipinski definition) is 0. The third-order valence-electron chi connectivity index (χ3n) is 2.76. The van der Waals surface area contributed by atoms with Gasteiger partial charge in [-0.1, -0.05) is 11.6 Å². The first-order chi connectivity index (χ1) is 7.75. The zero-order valence-corrected chi connectivity index (χ0v) is 11.9. The predicted molar refractivity (Wildman–Crippen MR) is 69.7 cm³/mol. The van der Waals surface area contributed by atoms with Crippen LogP contribution in [0.5, 0.6) is 0 Å². The smallest absolute Gasteiger partial charge is 0.216 e. The zero-order chi connectivity index (χ0) is 13.2. The molecule has 1 rings (SSSR count). The minimum atomic E-state index is -3.34. The second-order valence-electron chi connectivity index (χ2n) is 4.35. The van der Waals surface area contributed by atoms with Crippen molar-refractivity contribution >= 4 is 29.5 Å². The van der Waals surface area contributed by atoms with Gasteiger partial charge < -0.3 is 4.74 Å². The highest BCUT2D eigenvalue weighted by Gasteiger charge is 2.32. The maximum Gasteiger partial charge on any atom is 0.216 e. The molecule has 0 bridgehead atoms. The van der Waals surface area contributed by atoms with Gasteiger partial charge in [-0.25, -0.2) is 12.7 Å². The van der Waals surface area contributed by atoms with Crippen LogP contribution in [0.15, 0.2) is 10.5 Å². The van der Waals surface area contributed by atoms with Gasteiger partial charge >= 0.3 is 0 Å². The highest BCUT2D eigenvalue weighted by atomic mass is 35.5. The average molecular weight is 278 g/mol. The van der Waals surface area contributed by atoms with Gasteiger partial charge in [0.1, 0.15) is 7.85 Å². The van der Waals surface area contributed by atoms with Gasteiger partial charge in [0.25, 0.3) is 0 Å². The minimum Gasteiger partial charge on any atom is -0.372 e. The number of epoxide rings is 1. The molecule has 1 saturated heterocycles. The van der Waals surface area contributed by atoms with Gasteiger partial charge in [-0.05, 0) is 20.3 Å². The quantitative estimate of drug-likeness (QED) is 0.539. The molecule has 0 spiro atoms. The van der Waals surface area contributed by atoms with E-state index in [1.807, 2.05) is 0 Å². The lowest BCUT2D eigenvalue weighted by atomic mass is 9.91. The summed E-state index contributed by atoms with van der Waals surface area (Å²) in [5, 5.41) is -0.139. The number of halogens is 1. The Morgan fingerprint density at radius 1 is 1.65 bits per heavy atom. The van der Waals surface area contributed by atoms with Crippen LogP contribution in [-0.2, 0) is 14.8 Å². The molecule has 4 nitrogen and oxygen atoms in total. The fourth-order valence-corrected chi connectivity index (χ4v) is 2.88. The normalized spacial score (nSPS) is 23.5. The first-order valence-electron chi connectivity index (χ1n) is 5.42. The topological polar surface area (TPSA) is 49.9 Å². The lowest BCUT2D eigenvalue weighted by Crippen LogP contribution is -2.37. The van der Waals surface area contributed by atoms with Crippen LogP contribution in [0.4, 0.5) is 0 Å². The van der Waals surface area contributed by atoms with Crippen LogP contribution in [0.3, 0.4) is 0 Å². The highest BCUT2D eigenvalue weighted by Crippen LogP contribution is 2.20. The summed E-state index contributed by atoms with van der Waals surface area (Å²) in [6, 6.07) is 0. The van der Waals surface area contributed by atoms with Crippen LogP contribution in [0, 0.1) is 0 Å². The molecule has 2 atom stereocenters. The SMILES string of the molecule is [B]/C(CC(C)S(=O)(=O)N(C)C[C@H]1CO1)=C(/C)Cl. The maximum absolute atomic E-state index is 12.1. The Balaban J connectivity index is 2.65. The van der Waals surface area contributed by atoms with E-state index in [1.165, 1.54) is 4.31 Å². The molecule has 17 heavy (non-hydrogen) atoms. The molecule has 0 amide bonds. The molecule has 1 heterocycles. The van der Waals surface area contributed by atoms with E-state index in [1.54, 1.807) is 20.9 Å². The Kier molecular flexibility index (Phi) is 5.07. The van der Waals surface area contributed by atoms with E-state index >= 15 is 0 Å². The van der Waals surface area contributed by atoms with Crippen molar-refractivity contribution in [2.24, 2.45) is 0 Å². The summed E-state index contributed by atoms with van der Waals surface area (Å²) < 4.78 is 30.5. The summed E-state index contributed by atoms with van der Waals surface area (Å²) in [6.07, 6.45) is 0.290. The maximum atomic E-state index is 12.1. The number of ether oxygens (including phenoxy) is 1. The van der Waals surface area contributed by atoms with E-state index < -0.39 is 15.3 Å². The largest absolute Gasteiger partial charge is 0.372 e. The molecule has 7 heteroatoms. The van der Waals surface area contributed by atoms with Gasteiger partial charge in [-0.15, -0.1) is 5.47 Å². The number of rotatable bonds is 6. The molecule has 1 fully saturated rings. The van der Waals surface area contributed by atoms with Crippen molar-refractivity contribution in [3.63, 3.8) is 0 Å². The fourth-order valence-electron chi connectivity index (χ4n) is 1.43. The van der Waals surface area contributed by atoms with E-state index in [0.29, 0.717) is 23.7 Å². The first kappa shape index (κ1) is 15.0. The second-order valence-corrected chi connectivity index (χ2v) is 7.38. The van der Waals surface area contributed by atoms with Crippen LogP contribution in [0.2, 0.25) is 0 Å². The van der Waals surface area contributed by atoms with Crippen molar-refractivity contribution in [3.05, 3.63) is 10.5 Å². The van der Waals surface area contributed by atoms with Gasteiger partial charge in [0, 0.05) is 18.6 Å². The summed E-state index contributed by atoms with van der Waals surface area (Å²) in [6.45, 7) is 4.32. The molecule has 96 valence electrons. The first-order valence-corrected chi connectivity index (χ1v) is 7.30. The summed E-state index contributed by atoms with van der Waals surface area (Å²) >= 11 is 5.72. The highest BCUT2D eigenvalue weighted by molar-refractivity contribution is 7.89. The summed E-state index contributed by atoms with van der Waals surface area (Å²) in [4.78, 5) is 0. The van der Waals surface area contributed by atoms with Gasteiger partial charge in [0.2, 0.25) is 10.0 Å². The number of hydrogen-bond acceptors (Lipinski definition) is 3. The Hall–Kier alpha value is -0.0351. The fraction of sp³-hybridized carbons (Fsp3) is 0.800. The average Bonchev–Trinajstić information content (AvgIpc) is 3.00. The Labute approximate surface area is 109 Å². The minimum absolute atomic E-state index is 0.0460. The lowest BCUT2D eigenvalue weighted by molar-refractivity contribution is 0.357. The summed E-state index contributed by atoms with van der Waals surface area (Å²) in [5.74, 6) is 0. The third kappa shape index (κ3) is 4.28. The molecule has 0 saturated carbocycles. The van der Waals surface area contributed by atoms with E-state index in [2.05, 4.69) is 0 Å². The molecule has 2 radical (unpaired) electrons. The van der Waals surface area contributed by atoms with Crippen molar-refractivity contribution in [2.75, 3.05) is 20.2 Å². The van der Waals surface area contributed by atoms with Crippen LogP contribution < -0.4 is 0 Å². The number of allylic oxidation sites excluding steroid dienone is 2. The summed E-state index contributed by atoms with van der Waals surface area (Å²) in [5.41, 5.74) is 0.416. The number of nitrogens with zero attached hydrogens (tertiary/aromatic N) is 1. The second kappa shape index (κ2) is 5.74. The molecule has 0 aliphatic carbocycles. The van der Waals surface area contributed by atoms with Crippen LogP contribution in [-0.4, -0.2) is 52.1 Å². The summed E-state index contributed by atoms with van der Waals surface area (Å²) in [7, 11) is 3.88. The van der Waals surface area contributed by atoms with Gasteiger partial charge in [0.15, 0.2) is 0 Å². The van der Waals surface area contributed by atoms with Crippen LogP contribution in [0.1, 0.15) is 20.3 Å². The molecule has 1 unspecified atom stereocenters. The van der Waals surface area contributed by atoms with E-state index in [9.17, 15) is 8.42 Å². The molecular formula is C10H17BClNO3S. The van der Waals surface area contributed by atoms with Crippen LogP contribution in [0.25, 0.3) is 0 Å². The molecule has 0 aromatic carbocycles. The van der Waals surface area contributed by atoms with Crippen LogP contribution >= 0.6 is 11.6 Å².